The van der Waals surface area contributed by atoms with E-state index in [4.69, 9.17) is 9.47 Å². The number of morpholine rings is 1. The number of benzene rings is 1. The summed E-state index contributed by atoms with van der Waals surface area (Å²) < 4.78 is 37.0. The molecule has 4 rings (SSSR count). The van der Waals surface area contributed by atoms with Gasteiger partial charge in [0.15, 0.2) is 0 Å². The largest absolute Gasteiger partial charge is 0.475 e. The molecule has 0 atom stereocenters. The third-order valence-electron chi connectivity index (χ3n) is 5.54. The number of aliphatic hydroxyl groups is 1. The topological polar surface area (TPSA) is 96.8 Å². The molecule has 1 fully saturated rings. The number of carbonyl (C=O) groups excluding carboxylic acids is 1. The summed E-state index contributed by atoms with van der Waals surface area (Å²) >= 11 is 0. The van der Waals surface area contributed by atoms with Gasteiger partial charge in [-0.1, -0.05) is 6.07 Å². The highest BCUT2D eigenvalue weighted by Gasteiger charge is 2.17. The number of amides is 1. The summed E-state index contributed by atoms with van der Waals surface area (Å²) in [6, 6.07) is 11.6. The molecule has 0 unspecified atom stereocenters. The van der Waals surface area contributed by atoms with Crippen LogP contribution in [0.1, 0.15) is 28.0 Å². The second-order valence-electron chi connectivity index (χ2n) is 7.98. The lowest BCUT2D eigenvalue weighted by molar-refractivity contribution is 0.102. The summed E-state index contributed by atoms with van der Waals surface area (Å²) in [6.07, 6.45) is -1.57. The van der Waals surface area contributed by atoms with Crippen LogP contribution in [-0.4, -0.2) is 60.5 Å². The molecule has 3 aromatic rings. The molecule has 0 bridgehead atoms. The Kier molecular flexibility index (Phi) is 7.84. The van der Waals surface area contributed by atoms with E-state index in [0.717, 1.165) is 28.6 Å². The van der Waals surface area contributed by atoms with E-state index < -0.39 is 18.0 Å². The Labute approximate surface area is 201 Å². The summed E-state index contributed by atoms with van der Waals surface area (Å²) in [6.45, 7) is 4.50. The molecule has 1 amide bonds. The van der Waals surface area contributed by atoms with Crippen molar-refractivity contribution in [1.82, 2.24) is 9.97 Å². The maximum absolute atomic E-state index is 13.0. The second kappa shape index (κ2) is 11.2. The second-order valence-corrected chi connectivity index (χ2v) is 7.98. The van der Waals surface area contributed by atoms with Crippen LogP contribution in [0.3, 0.4) is 0 Å². The van der Waals surface area contributed by atoms with Crippen LogP contribution in [-0.2, 0) is 4.74 Å². The van der Waals surface area contributed by atoms with Gasteiger partial charge in [-0.3, -0.25) is 9.78 Å². The Bertz CT molecular complexity index is 1190. The van der Waals surface area contributed by atoms with E-state index >= 15 is 0 Å². The molecule has 10 heteroatoms. The van der Waals surface area contributed by atoms with Crippen LogP contribution in [0, 0.1) is 6.92 Å². The number of anilines is 2. The fourth-order valence-corrected chi connectivity index (χ4v) is 3.75. The van der Waals surface area contributed by atoms with Crippen molar-refractivity contribution in [2.75, 3.05) is 49.7 Å². The maximum Gasteiger partial charge on any atom is 0.280 e. The summed E-state index contributed by atoms with van der Waals surface area (Å²) in [5, 5.41) is 11.9. The number of hydrogen-bond acceptors (Lipinski definition) is 7. The molecule has 35 heavy (non-hydrogen) atoms. The molecule has 2 aromatic heterocycles. The van der Waals surface area contributed by atoms with Crippen molar-refractivity contribution in [3.8, 4) is 17.0 Å². The van der Waals surface area contributed by atoms with E-state index in [2.05, 4.69) is 20.2 Å². The first-order valence-corrected chi connectivity index (χ1v) is 11.2. The molecule has 1 aromatic carbocycles. The fourth-order valence-electron chi connectivity index (χ4n) is 3.75. The number of hydrogen-bond donors (Lipinski definition) is 2. The molecule has 1 aliphatic heterocycles. The van der Waals surface area contributed by atoms with E-state index in [-0.39, 0.29) is 18.8 Å². The SMILES string of the molecule is Cc1ccc(NC(=O)c2ccnc(C(F)F)c2)cc1-c1cc(OCCO)nc(N2CCOCC2)c1. The number of aromatic nitrogens is 2. The molecule has 2 N–H and O–H groups in total. The number of aryl methyl sites for hydroxylation is 1. The number of alkyl halides is 2. The Morgan fingerprint density at radius 2 is 2.00 bits per heavy atom. The highest BCUT2D eigenvalue weighted by molar-refractivity contribution is 6.04. The smallest absolute Gasteiger partial charge is 0.280 e. The van der Waals surface area contributed by atoms with Crippen LogP contribution >= 0.6 is 0 Å². The summed E-state index contributed by atoms with van der Waals surface area (Å²) in [7, 11) is 0. The highest BCUT2D eigenvalue weighted by atomic mass is 19.3. The van der Waals surface area contributed by atoms with E-state index in [1.807, 2.05) is 25.1 Å². The lowest BCUT2D eigenvalue weighted by Gasteiger charge is -2.28. The molecule has 0 aliphatic carbocycles. The molecule has 1 aliphatic rings. The van der Waals surface area contributed by atoms with Crippen molar-refractivity contribution in [2.24, 2.45) is 0 Å². The number of pyridine rings is 2. The van der Waals surface area contributed by atoms with Gasteiger partial charge in [-0.05, 0) is 53.9 Å². The molecule has 8 nitrogen and oxygen atoms in total. The lowest BCUT2D eigenvalue weighted by Crippen LogP contribution is -2.36. The van der Waals surface area contributed by atoms with Crippen molar-refractivity contribution < 1.29 is 28.2 Å². The van der Waals surface area contributed by atoms with Gasteiger partial charge in [0.2, 0.25) is 5.88 Å². The van der Waals surface area contributed by atoms with Gasteiger partial charge >= 0.3 is 0 Å². The number of nitrogens with zero attached hydrogens (tertiary/aromatic N) is 3. The van der Waals surface area contributed by atoms with E-state index in [9.17, 15) is 18.7 Å². The zero-order valence-electron chi connectivity index (χ0n) is 19.2. The van der Waals surface area contributed by atoms with Crippen LogP contribution in [0.15, 0.2) is 48.7 Å². The Hall–Kier alpha value is -3.63. The van der Waals surface area contributed by atoms with E-state index in [1.165, 1.54) is 12.3 Å². The molecule has 3 heterocycles. The Morgan fingerprint density at radius 1 is 1.20 bits per heavy atom. The zero-order chi connectivity index (χ0) is 24.8. The zero-order valence-corrected chi connectivity index (χ0v) is 19.2. The first kappa shape index (κ1) is 24.5. The van der Waals surface area contributed by atoms with Gasteiger partial charge in [0.1, 0.15) is 18.1 Å². The number of halogens is 2. The minimum atomic E-state index is -2.76. The van der Waals surface area contributed by atoms with Crippen molar-refractivity contribution in [3.05, 3.63) is 65.5 Å². The van der Waals surface area contributed by atoms with Gasteiger partial charge in [-0.2, -0.15) is 4.98 Å². The molecule has 0 saturated carbocycles. The number of aliphatic hydroxyl groups excluding tert-OH is 1. The van der Waals surface area contributed by atoms with Gasteiger partial charge in [0, 0.05) is 36.6 Å². The molecular weight excluding hydrogens is 458 g/mol. The molecule has 184 valence electrons. The van der Waals surface area contributed by atoms with Gasteiger partial charge in [-0.15, -0.1) is 0 Å². The minimum absolute atomic E-state index is 0.0932. The number of nitrogens with one attached hydrogen (secondary N) is 1. The normalized spacial score (nSPS) is 13.7. The van der Waals surface area contributed by atoms with Gasteiger partial charge in [-0.25, -0.2) is 8.78 Å². The Balaban J connectivity index is 1.64. The van der Waals surface area contributed by atoms with Crippen molar-refractivity contribution in [2.45, 2.75) is 13.3 Å². The third-order valence-corrected chi connectivity index (χ3v) is 5.54. The van der Waals surface area contributed by atoms with E-state index in [1.54, 1.807) is 12.1 Å². The minimum Gasteiger partial charge on any atom is -0.475 e. The van der Waals surface area contributed by atoms with Gasteiger partial charge in [0.05, 0.1) is 19.8 Å². The lowest BCUT2D eigenvalue weighted by atomic mass is 10.00. The fraction of sp³-hybridized carbons (Fsp3) is 0.320. The average Bonchev–Trinajstić information content (AvgIpc) is 2.89. The van der Waals surface area contributed by atoms with Crippen LogP contribution < -0.4 is 15.0 Å². The first-order valence-electron chi connectivity index (χ1n) is 11.2. The summed E-state index contributed by atoms with van der Waals surface area (Å²) in [4.78, 5) is 23.0. The summed E-state index contributed by atoms with van der Waals surface area (Å²) in [5.74, 6) is 0.590. The molecular formula is C25H26F2N4O4. The quantitative estimate of drug-likeness (QED) is 0.501. The molecule has 0 spiro atoms. The van der Waals surface area contributed by atoms with Crippen LogP contribution in [0.5, 0.6) is 5.88 Å². The monoisotopic (exact) mass is 484 g/mol. The number of ether oxygens (including phenoxy) is 2. The van der Waals surface area contributed by atoms with Crippen molar-refractivity contribution in [1.29, 1.82) is 0 Å². The predicted molar refractivity (Wildman–Crippen MR) is 127 cm³/mol. The average molecular weight is 485 g/mol. The number of rotatable bonds is 8. The molecule has 0 radical (unpaired) electrons. The number of carbonyl (C=O) groups is 1. The van der Waals surface area contributed by atoms with Crippen LogP contribution in [0.25, 0.3) is 11.1 Å². The highest BCUT2D eigenvalue weighted by Crippen LogP contribution is 2.32. The van der Waals surface area contributed by atoms with Gasteiger partial charge in [0.25, 0.3) is 12.3 Å². The van der Waals surface area contributed by atoms with E-state index in [0.29, 0.717) is 37.9 Å². The molecule has 1 saturated heterocycles. The van der Waals surface area contributed by atoms with Crippen molar-refractivity contribution >= 4 is 17.4 Å². The first-order chi connectivity index (χ1) is 16.9. The Morgan fingerprint density at radius 3 is 2.74 bits per heavy atom. The van der Waals surface area contributed by atoms with Gasteiger partial charge < -0.3 is 24.8 Å². The summed E-state index contributed by atoms with van der Waals surface area (Å²) in [5.41, 5.74) is 2.77. The van der Waals surface area contributed by atoms with Crippen molar-refractivity contribution in [3.63, 3.8) is 0 Å². The third kappa shape index (κ3) is 6.09. The predicted octanol–water partition coefficient (Wildman–Crippen LogP) is 3.85. The standard InChI is InChI=1S/C25H26F2N4O4/c1-16-2-3-19(29-25(33)17-4-5-28-21(12-17)24(26)27)15-20(16)18-13-22(31-6-9-34-10-7-31)30-23(14-18)35-11-8-32/h2-5,12-15,24,32H,6-11H2,1H3,(H,29,33). The van der Waals surface area contributed by atoms with Crippen LogP contribution in [0.4, 0.5) is 20.3 Å². The van der Waals surface area contributed by atoms with Crippen LogP contribution in [0.2, 0.25) is 0 Å². The maximum atomic E-state index is 13.0.